The van der Waals surface area contributed by atoms with Crippen molar-refractivity contribution < 1.29 is 14.3 Å². The number of thiophene rings is 1. The number of fused-ring (bicyclic) bond motifs is 1. The van der Waals surface area contributed by atoms with E-state index < -0.39 is 5.97 Å². The van der Waals surface area contributed by atoms with E-state index in [1.54, 1.807) is 18.5 Å². The third-order valence-electron chi connectivity index (χ3n) is 1.65. The fourth-order valence-corrected chi connectivity index (χ4v) is 2.56. The first-order valence-electron chi connectivity index (χ1n) is 3.58. The molecule has 0 aliphatic rings. The number of carbonyl (C=O) groups excluding carboxylic acids is 1. The summed E-state index contributed by atoms with van der Waals surface area (Å²) < 4.78 is 13.3. The number of rotatable bonds is 1. The molecule has 0 saturated carbocycles. The predicted octanol–water partition coefficient (Wildman–Crippen LogP) is 3.10. The Bertz CT molecular complexity index is 499. The van der Waals surface area contributed by atoms with Crippen molar-refractivity contribution in [3.05, 3.63) is 27.8 Å². The van der Waals surface area contributed by atoms with Crippen LogP contribution in [0.5, 0.6) is 0 Å². The van der Waals surface area contributed by atoms with Gasteiger partial charge in [-0.05, 0) is 22.0 Å². The molecule has 0 N–H and O–H groups in total. The number of pyridine rings is 1. The second kappa shape index (κ2) is 3.62. The molecule has 72 valence electrons. The van der Waals surface area contributed by atoms with Crippen LogP contribution in [-0.2, 0) is 4.94 Å². The highest BCUT2D eigenvalue weighted by molar-refractivity contribution is 9.10. The van der Waals surface area contributed by atoms with Crippen LogP contribution in [0.1, 0.15) is 9.67 Å². The number of carbonyl (C=O) groups is 1. The largest absolute Gasteiger partial charge is 0.389 e. The fourth-order valence-electron chi connectivity index (χ4n) is 1.07. The molecular weight excluding hydrogens is 273 g/mol. The third kappa shape index (κ3) is 1.51. The first-order chi connectivity index (χ1) is 6.72. The molecule has 0 fully saturated rings. The highest BCUT2D eigenvalue weighted by atomic mass is 79.9. The van der Waals surface area contributed by atoms with Crippen LogP contribution in [0.2, 0.25) is 0 Å². The zero-order valence-electron chi connectivity index (χ0n) is 6.66. The summed E-state index contributed by atoms with van der Waals surface area (Å²) in [5.74, 6) is -0.974. The maximum atomic E-state index is 11.6. The number of aromatic nitrogens is 1. The van der Waals surface area contributed by atoms with Gasteiger partial charge in [-0.3, -0.25) is 4.98 Å². The lowest BCUT2D eigenvalue weighted by Crippen LogP contribution is -1.93. The highest BCUT2D eigenvalue weighted by Gasteiger charge is 2.13. The van der Waals surface area contributed by atoms with E-state index in [0.717, 1.165) is 25.9 Å². The molecule has 0 bridgehead atoms. The summed E-state index contributed by atoms with van der Waals surface area (Å²) in [5.41, 5.74) is 0. The van der Waals surface area contributed by atoms with Gasteiger partial charge in [-0.2, -0.15) is 0 Å². The van der Waals surface area contributed by atoms with Crippen molar-refractivity contribution in [1.29, 1.82) is 0 Å². The molecule has 0 aliphatic heterocycles. The van der Waals surface area contributed by atoms with Gasteiger partial charge in [0.25, 0.3) is 0 Å². The summed E-state index contributed by atoms with van der Waals surface area (Å²) in [5, 5.41) is 0.782. The third-order valence-corrected chi connectivity index (χ3v) is 3.68. The second-order valence-corrected chi connectivity index (χ2v) is 4.42. The lowest BCUT2D eigenvalue weighted by molar-refractivity contribution is -0.0783. The minimum Gasteiger partial charge on any atom is -0.263 e. The van der Waals surface area contributed by atoms with Crippen molar-refractivity contribution >= 4 is 43.3 Å². The van der Waals surface area contributed by atoms with Gasteiger partial charge in [0.1, 0.15) is 4.88 Å². The van der Waals surface area contributed by atoms with E-state index in [4.69, 9.17) is 0 Å². The number of hydrogen-bond donors (Lipinski definition) is 0. The topological polar surface area (TPSA) is 39.2 Å². The summed E-state index contributed by atoms with van der Waals surface area (Å²) in [7, 11) is 0. The van der Waals surface area contributed by atoms with E-state index in [-0.39, 0.29) is 4.88 Å². The van der Waals surface area contributed by atoms with E-state index in [2.05, 4.69) is 25.9 Å². The molecule has 3 nitrogen and oxygen atoms in total. The molecule has 2 heterocycles. The van der Waals surface area contributed by atoms with Gasteiger partial charge in [0.2, 0.25) is 0 Å². The van der Waals surface area contributed by atoms with Gasteiger partial charge in [-0.15, -0.1) is 11.3 Å². The van der Waals surface area contributed by atoms with Crippen LogP contribution in [0, 0.1) is 0 Å². The molecule has 2 aromatic rings. The maximum absolute atomic E-state index is 11.6. The van der Waals surface area contributed by atoms with Crippen LogP contribution < -0.4 is 0 Å². The van der Waals surface area contributed by atoms with E-state index in [9.17, 15) is 9.32 Å². The molecule has 0 saturated heterocycles. The van der Waals surface area contributed by atoms with Crippen LogP contribution in [0.4, 0.5) is 4.53 Å². The van der Waals surface area contributed by atoms with Gasteiger partial charge in [-0.1, -0.05) is 0 Å². The molecule has 2 aromatic heterocycles. The Balaban J connectivity index is 2.62. The Hall–Kier alpha value is -1.01. The molecule has 0 aromatic carbocycles. The van der Waals surface area contributed by atoms with Crippen molar-refractivity contribution in [2.24, 2.45) is 0 Å². The van der Waals surface area contributed by atoms with Gasteiger partial charge < -0.3 is 0 Å². The smallest absolute Gasteiger partial charge is 0.263 e. The Kier molecular flexibility index (Phi) is 2.47. The summed E-state index contributed by atoms with van der Waals surface area (Å²) >= 11 is 4.44. The van der Waals surface area contributed by atoms with Crippen LogP contribution in [0.25, 0.3) is 10.1 Å². The van der Waals surface area contributed by atoms with Gasteiger partial charge in [0.15, 0.2) is 0 Å². The number of hydrogen-bond acceptors (Lipinski definition) is 4. The molecule has 14 heavy (non-hydrogen) atoms. The monoisotopic (exact) mass is 275 g/mol. The van der Waals surface area contributed by atoms with Crippen LogP contribution >= 0.6 is 27.3 Å². The van der Waals surface area contributed by atoms with Crippen molar-refractivity contribution in [3.8, 4) is 0 Å². The normalized spacial score (nSPS) is 10.4. The molecule has 0 aliphatic carbocycles. The minimum atomic E-state index is -0.974. The average Bonchev–Trinajstić information content (AvgIpc) is 2.62. The Morgan fingerprint density at radius 2 is 2.36 bits per heavy atom. The van der Waals surface area contributed by atoms with Crippen molar-refractivity contribution in [1.82, 2.24) is 4.98 Å². The second-order valence-electron chi connectivity index (χ2n) is 2.51. The SMILES string of the molecule is O=C(OF)c1cc2cncc(Br)c2s1. The highest BCUT2D eigenvalue weighted by Crippen LogP contribution is 2.31. The van der Waals surface area contributed by atoms with Crippen molar-refractivity contribution in [2.75, 3.05) is 0 Å². The van der Waals surface area contributed by atoms with Gasteiger partial charge in [-0.25, -0.2) is 9.74 Å². The molecule has 0 atom stereocenters. The zero-order chi connectivity index (χ0) is 10.1. The fraction of sp³-hybridized carbons (Fsp3) is 0. The quantitative estimate of drug-likeness (QED) is 0.803. The molecule has 0 unspecified atom stereocenters. The summed E-state index contributed by atoms with van der Waals surface area (Å²) in [6, 6.07) is 1.54. The first-order valence-corrected chi connectivity index (χ1v) is 5.19. The lowest BCUT2D eigenvalue weighted by Gasteiger charge is -1.89. The molecule has 0 radical (unpaired) electrons. The lowest BCUT2D eigenvalue weighted by atomic mass is 10.3. The predicted molar refractivity (Wildman–Crippen MR) is 53.8 cm³/mol. The zero-order valence-corrected chi connectivity index (χ0v) is 9.06. The number of nitrogens with zero attached hydrogens (tertiary/aromatic N) is 1. The summed E-state index contributed by atoms with van der Waals surface area (Å²) in [6.07, 6.45) is 3.22. The van der Waals surface area contributed by atoms with Crippen LogP contribution in [0.15, 0.2) is 22.9 Å². The van der Waals surface area contributed by atoms with E-state index >= 15 is 0 Å². The molecular formula is C8H3BrFNO2S. The Morgan fingerprint density at radius 1 is 1.57 bits per heavy atom. The number of halogens is 2. The van der Waals surface area contributed by atoms with Crippen LogP contribution in [0.3, 0.4) is 0 Å². The summed E-state index contributed by atoms with van der Waals surface area (Å²) in [4.78, 5) is 18.2. The first kappa shape index (κ1) is 9.54. The maximum Gasteiger partial charge on any atom is 0.389 e. The molecule has 0 amide bonds. The standard InChI is InChI=1S/C8H3BrFNO2S/c9-5-3-11-2-4-1-6(8(12)13-10)14-7(4)5/h1-3H. The van der Waals surface area contributed by atoms with Crippen molar-refractivity contribution in [3.63, 3.8) is 0 Å². The molecule has 2 rings (SSSR count). The van der Waals surface area contributed by atoms with Gasteiger partial charge in [0.05, 0.1) is 9.17 Å². The Labute approximate surface area is 90.5 Å². The molecule has 0 spiro atoms. The molecule has 6 heteroatoms. The van der Waals surface area contributed by atoms with Gasteiger partial charge >= 0.3 is 5.97 Å². The minimum absolute atomic E-state index is 0.219. The van der Waals surface area contributed by atoms with Crippen LogP contribution in [-0.4, -0.2) is 11.0 Å². The van der Waals surface area contributed by atoms with Crippen molar-refractivity contribution in [2.45, 2.75) is 0 Å². The van der Waals surface area contributed by atoms with E-state index in [0.29, 0.717) is 0 Å². The average molecular weight is 276 g/mol. The Morgan fingerprint density at radius 3 is 3.00 bits per heavy atom. The summed E-state index contributed by atoms with van der Waals surface area (Å²) in [6.45, 7) is 0. The van der Waals surface area contributed by atoms with E-state index in [1.807, 2.05) is 0 Å². The van der Waals surface area contributed by atoms with E-state index in [1.165, 1.54) is 0 Å². The van der Waals surface area contributed by atoms with Gasteiger partial charge in [0, 0.05) is 22.3 Å².